The summed E-state index contributed by atoms with van der Waals surface area (Å²) >= 11 is 0. The third-order valence-corrected chi connectivity index (χ3v) is 4.83. The summed E-state index contributed by atoms with van der Waals surface area (Å²) in [5.41, 5.74) is 20.1. The Bertz CT molecular complexity index is 388. The first-order valence-corrected chi connectivity index (χ1v) is 7.70. The van der Waals surface area contributed by atoms with Gasteiger partial charge in [-0.1, -0.05) is 25.7 Å². The second-order valence-electron chi connectivity index (χ2n) is 6.40. The van der Waals surface area contributed by atoms with Crippen LogP contribution in [0.25, 0.3) is 0 Å². The van der Waals surface area contributed by atoms with Crippen LogP contribution in [0.4, 0.5) is 0 Å². The Balaban J connectivity index is 0.000000403. The van der Waals surface area contributed by atoms with Crippen LogP contribution in [-0.2, 0) is 30.7 Å². The van der Waals surface area contributed by atoms with Gasteiger partial charge in [-0.05, 0) is 25.7 Å². The summed E-state index contributed by atoms with van der Waals surface area (Å²) in [5.74, 6) is -1.94. The molecule has 8 nitrogen and oxygen atoms in total. The maximum Gasteiger partial charge on any atom is 0.325 e. The van der Waals surface area contributed by atoms with Gasteiger partial charge in [-0.15, -0.1) is 0 Å². The fourth-order valence-corrected chi connectivity index (χ4v) is 2.98. The molecule has 9 heteroatoms. The molecule has 138 valence electrons. The van der Waals surface area contributed by atoms with Crippen LogP contribution >= 0.6 is 0 Å². The van der Waals surface area contributed by atoms with E-state index in [1.807, 2.05) is 0 Å². The molecule has 0 aromatic rings. The molecule has 0 heterocycles. The zero-order chi connectivity index (χ0) is 17.0. The fraction of sp³-hybridized carbons (Fsp3) is 0.857. The van der Waals surface area contributed by atoms with E-state index in [0.29, 0.717) is 12.8 Å². The molecule has 0 radical (unpaired) electrons. The molecule has 4 unspecified atom stereocenters. The third kappa shape index (κ3) is 5.22. The van der Waals surface area contributed by atoms with Crippen LogP contribution < -0.4 is 22.9 Å². The van der Waals surface area contributed by atoms with Crippen molar-refractivity contribution in [1.82, 2.24) is 0 Å². The van der Waals surface area contributed by atoms with Gasteiger partial charge in [0, 0.05) is 33.1 Å². The van der Waals surface area contributed by atoms with Gasteiger partial charge in [0.05, 0.1) is 0 Å². The second-order valence-corrected chi connectivity index (χ2v) is 6.40. The first-order valence-electron chi connectivity index (χ1n) is 7.70. The first kappa shape index (κ1) is 22.5. The van der Waals surface area contributed by atoms with Crippen LogP contribution in [0.1, 0.15) is 51.4 Å². The zero-order valence-electron chi connectivity index (χ0n) is 13.1. The largest absolute Gasteiger partial charge is 0.480 e. The van der Waals surface area contributed by atoms with Gasteiger partial charge in [0.15, 0.2) is 0 Å². The van der Waals surface area contributed by atoms with Crippen LogP contribution in [-0.4, -0.2) is 45.3 Å². The Morgan fingerprint density at radius 3 is 1.26 bits per heavy atom. The molecule has 2 fully saturated rings. The van der Waals surface area contributed by atoms with Gasteiger partial charge in [0.1, 0.15) is 11.1 Å². The van der Waals surface area contributed by atoms with E-state index >= 15 is 0 Å². The number of carboxylic acids is 2. The van der Waals surface area contributed by atoms with E-state index in [2.05, 4.69) is 0 Å². The number of hydrogen-bond donors (Lipinski definition) is 6. The Kier molecular flexibility index (Phi) is 8.87. The quantitative estimate of drug-likeness (QED) is 0.283. The zero-order valence-corrected chi connectivity index (χ0v) is 15.4. The van der Waals surface area contributed by atoms with Gasteiger partial charge in [-0.25, -0.2) is 0 Å². The van der Waals surface area contributed by atoms with Crippen molar-refractivity contribution in [2.24, 2.45) is 22.9 Å². The van der Waals surface area contributed by atoms with Crippen LogP contribution in [0.5, 0.6) is 0 Å². The molecule has 4 atom stereocenters. The fourth-order valence-electron chi connectivity index (χ4n) is 2.98. The summed E-state index contributed by atoms with van der Waals surface area (Å²) in [5, 5.41) is 17.5. The van der Waals surface area contributed by atoms with Crippen LogP contribution in [0.3, 0.4) is 0 Å². The van der Waals surface area contributed by atoms with Crippen molar-refractivity contribution in [1.29, 1.82) is 0 Å². The summed E-state index contributed by atoms with van der Waals surface area (Å²) in [6, 6.07) is -0.762. The minimum Gasteiger partial charge on any atom is -0.480 e. The molecule has 0 aromatic carbocycles. The second kappa shape index (κ2) is 9.08. The van der Waals surface area contributed by atoms with Crippen molar-refractivity contribution >= 4 is 11.9 Å². The standard InChI is InChI=1S/2C7H14N2O2.Pt/c2*8-5-3-1-2-4-7(5,9)6(10)11;/h2*5H,1-4,8-9H2,(H,10,11);. The average molecular weight is 511 g/mol. The summed E-state index contributed by atoms with van der Waals surface area (Å²) in [4.78, 5) is 21.4. The van der Waals surface area contributed by atoms with Crippen molar-refractivity contribution in [2.75, 3.05) is 0 Å². The summed E-state index contributed by atoms with van der Waals surface area (Å²) < 4.78 is 0. The Labute approximate surface area is 150 Å². The number of nitrogens with two attached hydrogens (primary N) is 4. The molecule has 2 aliphatic rings. The maximum atomic E-state index is 10.7. The molecule has 0 saturated heterocycles. The van der Waals surface area contributed by atoms with E-state index in [9.17, 15) is 9.59 Å². The summed E-state index contributed by atoms with van der Waals surface area (Å²) in [6.07, 6.45) is 6.19. The normalized spacial score (nSPS) is 36.9. The summed E-state index contributed by atoms with van der Waals surface area (Å²) in [6.45, 7) is 0. The number of carboxylic acid groups (broad SMARTS) is 2. The van der Waals surface area contributed by atoms with Crippen LogP contribution in [0.15, 0.2) is 0 Å². The van der Waals surface area contributed by atoms with Gasteiger partial charge in [0.25, 0.3) is 0 Å². The summed E-state index contributed by atoms with van der Waals surface area (Å²) in [7, 11) is 0. The minimum atomic E-state index is -1.17. The van der Waals surface area contributed by atoms with Crippen molar-refractivity contribution in [3.63, 3.8) is 0 Å². The predicted octanol–water partition coefficient (Wildman–Crippen LogP) is -0.663. The van der Waals surface area contributed by atoms with E-state index in [1.165, 1.54) is 0 Å². The monoisotopic (exact) mass is 511 g/mol. The van der Waals surface area contributed by atoms with Gasteiger partial charge in [0.2, 0.25) is 0 Å². The topological polar surface area (TPSA) is 179 Å². The molecule has 2 aliphatic carbocycles. The van der Waals surface area contributed by atoms with Crippen molar-refractivity contribution in [3.8, 4) is 0 Å². The maximum absolute atomic E-state index is 10.7. The minimum absolute atomic E-state index is 0. The van der Waals surface area contributed by atoms with Crippen molar-refractivity contribution in [3.05, 3.63) is 0 Å². The van der Waals surface area contributed by atoms with E-state index < -0.39 is 23.0 Å². The average Bonchev–Trinajstić information content (AvgIpc) is 2.46. The number of rotatable bonds is 2. The van der Waals surface area contributed by atoms with Gasteiger partial charge < -0.3 is 33.1 Å². The third-order valence-electron chi connectivity index (χ3n) is 4.83. The molecule has 0 amide bonds. The molecule has 10 N–H and O–H groups in total. The van der Waals surface area contributed by atoms with Crippen molar-refractivity contribution in [2.45, 2.75) is 74.5 Å². The molecule has 23 heavy (non-hydrogen) atoms. The molecular weight excluding hydrogens is 483 g/mol. The SMILES string of the molecule is NC1CCCCC1(N)C(=O)O.NC1CCCCC1(N)C(=O)O.[Pt]. The molecule has 0 aromatic heterocycles. The Morgan fingerprint density at radius 2 is 1.09 bits per heavy atom. The van der Waals surface area contributed by atoms with Crippen molar-refractivity contribution < 1.29 is 40.9 Å². The molecular formula is C14H28N4O4Pt. The van der Waals surface area contributed by atoms with E-state index in [-0.39, 0.29) is 33.1 Å². The first-order chi connectivity index (χ1) is 10.1. The van der Waals surface area contributed by atoms with Crippen LogP contribution in [0.2, 0.25) is 0 Å². The molecule has 2 saturated carbocycles. The molecule has 0 bridgehead atoms. The Morgan fingerprint density at radius 1 is 0.783 bits per heavy atom. The van der Waals surface area contributed by atoms with Gasteiger partial charge in [-0.2, -0.15) is 0 Å². The predicted molar refractivity (Wildman–Crippen MR) is 82.0 cm³/mol. The number of carbonyl (C=O) groups is 2. The molecule has 0 spiro atoms. The van der Waals surface area contributed by atoms with E-state index in [4.69, 9.17) is 33.1 Å². The van der Waals surface area contributed by atoms with Crippen LogP contribution in [0, 0.1) is 0 Å². The van der Waals surface area contributed by atoms with Gasteiger partial charge >= 0.3 is 11.9 Å². The van der Waals surface area contributed by atoms with E-state index in [0.717, 1.165) is 38.5 Å². The van der Waals surface area contributed by atoms with E-state index in [1.54, 1.807) is 0 Å². The number of aliphatic carboxylic acids is 2. The molecule has 2 rings (SSSR count). The smallest absolute Gasteiger partial charge is 0.325 e. The Hall–Kier alpha value is -0.532. The number of hydrogen-bond acceptors (Lipinski definition) is 6. The van der Waals surface area contributed by atoms with Gasteiger partial charge in [-0.3, -0.25) is 9.59 Å². The molecule has 0 aliphatic heterocycles.